The van der Waals surface area contributed by atoms with Crippen LogP contribution in [0, 0.1) is 17.8 Å². The molecule has 190 valence electrons. The van der Waals surface area contributed by atoms with E-state index in [1.165, 1.54) is 0 Å². The van der Waals surface area contributed by atoms with Crippen molar-refractivity contribution in [2.24, 2.45) is 22.7 Å². The third kappa shape index (κ3) is 5.58. The molecule has 36 heavy (non-hydrogen) atoms. The summed E-state index contributed by atoms with van der Waals surface area (Å²) in [5, 5.41) is 0. The van der Waals surface area contributed by atoms with Crippen molar-refractivity contribution in [1.82, 2.24) is 14.9 Å². The topological polar surface area (TPSA) is 94.0 Å². The van der Waals surface area contributed by atoms with Crippen LogP contribution in [0.4, 0.5) is 0 Å². The van der Waals surface area contributed by atoms with Gasteiger partial charge in [0.25, 0.3) is 5.91 Å². The third-order valence-corrected chi connectivity index (χ3v) is 7.36. The van der Waals surface area contributed by atoms with E-state index in [4.69, 9.17) is 9.47 Å². The second-order valence-corrected chi connectivity index (χ2v) is 10.5. The maximum Gasteiger partial charge on any atom is 0.268 e. The van der Waals surface area contributed by atoms with Gasteiger partial charge in [0, 0.05) is 30.5 Å². The molecule has 0 spiro atoms. The molecule has 3 aliphatic rings. The van der Waals surface area contributed by atoms with Gasteiger partial charge in [0.15, 0.2) is 0 Å². The zero-order valence-corrected chi connectivity index (χ0v) is 21.2. The summed E-state index contributed by atoms with van der Waals surface area (Å²) in [5.74, 6) is 1.86. The Bertz CT molecular complexity index is 1210. The number of methoxy groups -OCH3 is 1. The highest BCUT2D eigenvalue weighted by atomic mass is 16.5. The zero-order valence-electron chi connectivity index (χ0n) is 21.2. The lowest BCUT2D eigenvalue weighted by molar-refractivity contribution is -0.138. The number of amides is 2. The average molecular weight is 491 g/mol. The first kappa shape index (κ1) is 24.4. The van der Waals surface area contributed by atoms with Crippen LogP contribution >= 0.6 is 0 Å². The number of carbonyl (C=O) groups is 2. The molecule has 8 nitrogen and oxygen atoms in total. The SMILES string of the molecule is COc1ccc2ncc(O[C@@H]3C[C@H]4C(=O)N=C5C[C@H]5/C=C\CC[C@@H](C)C[C@@H](C)CC(=O)N4C3)nc2c1. The van der Waals surface area contributed by atoms with Gasteiger partial charge < -0.3 is 14.4 Å². The van der Waals surface area contributed by atoms with Gasteiger partial charge in [-0.25, -0.2) is 15.0 Å². The van der Waals surface area contributed by atoms with Crippen LogP contribution in [-0.2, 0) is 9.59 Å². The fourth-order valence-corrected chi connectivity index (χ4v) is 5.36. The number of rotatable bonds is 3. The standard InChI is InChI=1S/C28H34N4O4/c1-17-6-4-5-7-19-12-23(19)31-28(34)25-14-21(16-32(25)27(33)11-18(2)10-17)36-26-15-29-22-9-8-20(35-3)13-24(22)30-26/h5,7-9,13,15,17-19,21,25H,4,6,10-12,14,16H2,1-3H3/b7-5-,31-23?/t17-,18-,19-,21-,25+/m1/s1. The summed E-state index contributed by atoms with van der Waals surface area (Å²) in [6.07, 6.45) is 10.4. The summed E-state index contributed by atoms with van der Waals surface area (Å²) in [7, 11) is 1.60. The molecule has 3 heterocycles. The Labute approximate surface area is 211 Å². The molecule has 0 bridgehead atoms. The largest absolute Gasteiger partial charge is 0.497 e. The molecule has 1 aromatic carbocycles. The Balaban J connectivity index is 1.35. The Morgan fingerprint density at radius 3 is 2.75 bits per heavy atom. The lowest BCUT2D eigenvalue weighted by atomic mass is 9.91. The maximum atomic E-state index is 13.3. The molecule has 2 fully saturated rings. The number of aliphatic imine (C=N–C) groups is 1. The van der Waals surface area contributed by atoms with Crippen molar-refractivity contribution in [3.05, 3.63) is 36.5 Å². The van der Waals surface area contributed by atoms with E-state index in [0.717, 1.165) is 36.9 Å². The molecule has 2 amide bonds. The fourth-order valence-electron chi connectivity index (χ4n) is 5.36. The lowest BCUT2D eigenvalue weighted by Gasteiger charge is -2.24. The Morgan fingerprint density at radius 2 is 1.92 bits per heavy atom. The smallest absolute Gasteiger partial charge is 0.268 e. The van der Waals surface area contributed by atoms with E-state index in [-0.39, 0.29) is 29.8 Å². The van der Waals surface area contributed by atoms with Gasteiger partial charge >= 0.3 is 0 Å². The van der Waals surface area contributed by atoms with Gasteiger partial charge in [-0.2, -0.15) is 0 Å². The first-order chi connectivity index (χ1) is 17.4. The summed E-state index contributed by atoms with van der Waals surface area (Å²) in [5.41, 5.74) is 2.31. The number of aromatic nitrogens is 2. The molecule has 8 heteroatoms. The maximum absolute atomic E-state index is 13.3. The number of carbonyl (C=O) groups excluding carboxylic acids is 2. The van der Waals surface area contributed by atoms with Crippen LogP contribution in [0.5, 0.6) is 11.6 Å². The predicted molar refractivity (Wildman–Crippen MR) is 137 cm³/mol. The van der Waals surface area contributed by atoms with Crippen LogP contribution in [-0.4, -0.2) is 58.2 Å². The molecular formula is C28H34N4O4. The average Bonchev–Trinajstić information content (AvgIpc) is 3.44. The summed E-state index contributed by atoms with van der Waals surface area (Å²) in [6, 6.07) is 4.87. The van der Waals surface area contributed by atoms with Crippen LogP contribution in [0.15, 0.2) is 41.5 Å². The number of hydrogen-bond acceptors (Lipinski definition) is 6. The van der Waals surface area contributed by atoms with Crippen molar-refractivity contribution in [2.45, 2.75) is 64.5 Å². The number of nitrogens with zero attached hydrogens (tertiary/aromatic N) is 4. The minimum absolute atomic E-state index is 0.00553. The van der Waals surface area contributed by atoms with Gasteiger partial charge in [-0.1, -0.05) is 26.0 Å². The van der Waals surface area contributed by atoms with E-state index in [1.807, 2.05) is 12.1 Å². The van der Waals surface area contributed by atoms with Crippen molar-refractivity contribution >= 4 is 28.6 Å². The van der Waals surface area contributed by atoms with E-state index in [0.29, 0.717) is 42.5 Å². The summed E-state index contributed by atoms with van der Waals surface area (Å²) in [4.78, 5) is 41.6. The van der Waals surface area contributed by atoms with Gasteiger partial charge in [0.1, 0.15) is 17.9 Å². The van der Waals surface area contributed by atoms with Crippen LogP contribution in [0.2, 0.25) is 0 Å². The minimum Gasteiger partial charge on any atom is -0.497 e. The van der Waals surface area contributed by atoms with Gasteiger partial charge in [-0.15, -0.1) is 0 Å². The minimum atomic E-state index is -0.608. The number of ether oxygens (including phenoxy) is 2. The van der Waals surface area contributed by atoms with Gasteiger partial charge in [-0.3, -0.25) is 9.59 Å². The molecule has 2 aromatic rings. The van der Waals surface area contributed by atoms with E-state index in [1.54, 1.807) is 24.3 Å². The van der Waals surface area contributed by atoms with Crippen LogP contribution in [0.25, 0.3) is 11.0 Å². The number of hydrogen-bond donors (Lipinski definition) is 0. The van der Waals surface area contributed by atoms with Gasteiger partial charge in [-0.05, 0) is 49.7 Å². The van der Waals surface area contributed by atoms with Crippen LogP contribution in [0.1, 0.15) is 52.4 Å². The van der Waals surface area contributed by atoms with Crippen LogP contribution < -0.4 is 9.47 Å². The Morgan fingerprint density at radius 1 is 1.06 bits per heavy atom. The van der Waals surface area contributed by atoms with Crippen molar-refractivity contribution < 1.29 is 19.1 Å². The molecular weight excluding hydrogens is 456 g/mol. The summed E-state index contributed by atoms with van der Waals surface area (Å²) >= 11 is 0. The molecule has 1 aliphatic carbocycles. The quantitative estimate of drug-likeness (QED) is 0.593. The number of benzene rings is 1. The molecule has 0 unspecified atom stereocenters. The molecule has 0 radical (unpaired) electrons. The third-order valence-electron chi connectivity index (χ3n) is 7.36. The monoisotopic (exact) mass is 490 g/mol. The fraction of sp³-hybridized carbons (Fsp3) is 0.536. The van der Waals surface area contributed by atoms with E-state index in [2.05, 4.69) is 41.0 Å². The van der Waals surface area contributed by atoms with Crippen molar-refractivity contribution in [2.75, 3.05) is 13.7 Å². The molecule has 1 saturated heterocycles. The van der Waals surface area contributed by atoms with Crippen molar-refractivity contribution in [1.29, 1.82) is 0 Å². The van der Waals surface area contributed by atoms with Gasteiger partial charge in [0.05, 0.1) is 30.9 Å². The zero-order chi connectivity index (χ0) is 25.2. The normalized spacial score (nSPS) is 30.0. The lowest BCUT2D eigenvalue weighted by Crippen LogP contribution is -2.41. The first-order valence-corrected chi connectivity index (χ1v) is 12.9. The van der Waals surface area contributed by atoms with Gasteiger partial charge in [0.2, 0.25) is 11.8 Å². The Kier molecular flexibility index (Phi) is 7.03. The van der Waals surface area contributed by atoms with Crippen LogP contribution in [0.3, 0.4) is 0 Å². The number of fused-ring (bicyclic) bond motifs is 3. The number of allylic oxidation sites excluding steroid dienone is 2. The highest BCUT2D eigenvalue weighted by Gasteiger charge is 2.42. The summed E-state index contributed by atoms with van der Waals surface area (Å²) in [6.45, 7) is 4.71. The summed E-state index contributed by atoms with van der Waals surface area (Å²) < 4.78 is 11.4. The first-order valence-electron chi connectivity index (χ1n) is 12.9. The second-order valence-electron chi connectivity index (χ2n) is 10.5. The Hall–Kier alpha value is -3.29. The van der Waals surface area contributed by atoms with E-state index >= 15 is 0 Å². The highest BCUT2D eigenvalue weighted by Crippen LogP contribution is 2.32. The molecule has 0 N–H and O–H groups in total. The predicted octanol–water partition coefficient (Wildman–Crippen LogP) is 4.38. The highest BCUT2D eigenvalue weighted by molar-refractivity contribution is 6.09. The van der Waals surface area contributed by atoms with E-state index in [9.17, 15) is 9.59 Å². The molecule has 2 aliphatic heterocycles. The molecule has 5 rings (SSSR count). The molecule has 5 atom stereocenters. The van der Waals surface area contributed by atoms with Crippen molar-refractivity contribution in [3.63, 3.8) is 0 Å². The van der Waals surface area contributed by atoms with E-state index < -0.39 is 6.04 Å². The molecule has 1 aromatic heterocycles. The molecule has 1 saturated carbocycles. The second kappa shape index (κ2) is 10.4. The van der Waals surface area contributed by atoms with Crippen molar-refractivity contribution in [3.8, 4) is 11.6 Å².